The standard InChI is InChI=1S/C16H15F4N/c1-3-21-16(10-4-5-12(18)9(2)6-10)15-13(19)7-11(17)8-14(15)20/h4-8,16,21H,3H2,1-2H3. The molecule has 0 spiro atoms. The second-order valence-corrected chi connectivity index (χ2v) is 4.78. The number of nitrogens with one attached hydrogen (secondary N) is 1. The molecule has 1 unspecified atom stereocenters. The molecule has 0 aromatic heterocycles. The highest BCUT2D eigenvalue weighted by Crippen LogP contribution is 2.28. The van der Waals surface area contributed by atoms with Crippen LogP contribution >= 0.6 is 0 Å². The molecule has 0 aliphatic heterocycles. The topological polar surface area (TPSA) is 12.0 Å². The van der Waals surface area contributed by atoms with Crippen LogP contribution in [0.25, 0.3) is 0 Å². The summed E-state index contributed by atoms with van der Waals surface area (Å²) in [6, 6.07) is 4.69. The van der Waals surface area contributed by atoms with Crippen LogP contribution in [0.5, 0.6) is 0 Å². The zero-order chi connectivity index (χ0) is 15.6. The number of hydrogen-bond acceptors (Lipinski definition) is 1. The molecular weight excluding hydrogens is 282 g/mol. The van der Waals surface area contributed by atoms with Crippen LogP contribution in [0.3, 0.4) is 0 Å². The summed E-state index contributed by atoms with van der Waals surface area (Å²) in [6.45, 7) is 3.79. The highest BCUT2D eigenvalue weighted by Gasteiger charge is 2.22. The van der Waals surface area contributed by atoms with E-state index in [0.717, 1.165) is 0 Å². The number of aryl methyl sites for hydroxylation is 1. The molecule has 5 heteroatoms. The van der Waals surface area contributed by atoms with E-state index in [1.807, 2.05) is 0 Å². The summed E-state index contributed by atoms with van der Waals surface area (Å²) in [5.41, 5.74) is 0.614. The molecule has 0 radical (unpaired) electrons. The lowest BCUT2D eigenvalue weighted by molar-refractivity contribution is 0.491. The van der Waals surface area contributed by atoms with E-state index in [0.29, 0.717) is 29.8 Å². The molecule has 1 atom stereocenters. The molecule has 0 amide bonds. The van der Waals surface area contributed by atoms with Crippen LogP contribution in [0.4, 0.5) is 17.6 Å². The van der Waals surface area contributed by atoms with Crippen LogP contribution < -0.4 is 5.32 Å². The Bertz CT molecular complexity index is 632. The molecule has 2 rings (SSSR count). The predicted octanol–water partition coefficient (Wildman–Crippen LogP) is 4.25. The number of benzene rings is 2. The Morgan fingerprint density at radius 1 is 0.952 bits per heavy atom. The van der Waals surface area contributed by atoms with Crippen molar-refractivity contribution in [2.45, 2.75) is 19.9 Å². The Morgan fingerprint density at radius 2 is 1.57 bits per heavy atom. The number of halogens is 4. The van der Waals surface area contributed by atoms with Gasteiger partial charge in [-0.15, -0.1) is 0 Å². The van der Waals surface area contributed by atoms with Crippen molar-refractivity contribution in [3.05, 3.63) is 70.3 Å². The monoisotopic (exact) mass is 297 g/mol. The van der Waals surface area contributed by atoms with E-state index in [-0.39, 0.29) is 5.56 Å². The molecule has 112 valence electrons. The molecule has 0 heterocycles. The molecule has 1 N–H and O–H groups in total. The summed E-state index contributed by atoms with van der Waals surface area (Å²) >= 11 is 0. The van der Waals surface area contributed by atoms with Gasteiger partial charge in [0, 0.05) is 17.7 Å². The van der Waals surface area contributed by atoms with Crippen LogP contribution in [0.15, 0.2) is 30.3 Å². The van der Waals surface area contributed by atoms with Crippen LogP contribution in [-0.4, -0.2) is 6.54 Å². The zero-order valence-electron chi connectivity index (χ0n) is 11.7. The summed E-state index contributed by atoms with van der Waals surface area (Å²) < 4.78 is 54.3. The van der Waals surface area contributed by atoms with Crippen molar-refractivity contribution in [2.24, 2.45) is 0 Å². The van der Waals surface area contributed by atoms with E-state index in [9.17, 15) is 17.6 Å². The van der Waals surface area contributed by atoms with Crippen molar-refractivity contribution in [2.75, 3.05) is 6.54 Å². The summed E-state index contributed by atoms with van der Waals surface area (Å²) in [4.78, 5) is 0. The smallest absolute Gasteiger partial charge is 0.134 e. The Labute approximate surface area is 120 Å². The zero-order valence-corrected chi connectivity index (χ0v) is 11.7. The molecule has 1 nitrogen and oxygen atoms in total. The fourth-order valence-corrected chi connectivity index (χ4v) is 2.27. The highest BCUT2D eigenvalue weighted by molar-refractivity contribution is 5.36. The summed E-state index contributed by atoms with van der Waals surface area (Å²) in [6.07, 6.45) is 0. The van der Waals surface area contributed by atoms with E-state index < -0.39 is 29.3 Å². The van der Waals surface area contributed by atoms with Gasteiger partial charge in [-0.2, -0.15) is 0 Å². The van der Waals surface area contributed by atoms with Crippen LogP contribution in [0, 0.1) is 30.2 Å². The third kappa shape index (κ3) is 3.24. The normalized spacial score (nSPS) is 12.5. The quantitative estimate of drug-likeness (QED) is 0.832. The Kier molecular flexibility index (Phi) is 4.63. The predicted molar refractivity (Wildman–Crippen MR) is 73.0 cm³/mol. The molecule has 2 aromatic carbocycles. The maximum Gasteiger partial charge on any atom is 0.134 e. The first-order chi connectivity index (χ1) is 9.93. The Balaban J connectivity index is 2.55. The molecule has 21 heavy (non-hydrogen) atoms. The first-order valence-corrected chi connectivity index (χ1v) is 6.58. The first kappa shape index (κ1) is 15.5. The van der Waals surface area contributed by atoms with E-state index in [4.69, 9.17) is 0 Å². The minimum atomic E-state index is -0.973. The van der Waals surface area contributed by atoms with E-state index in [1.54, 1.807) is 13.8 Å². The Hall–Kier alpha value is -1.88. The van der Waals surface area contributed by atoms with Crippen LogP contribution in [0.2, 0.25) is 0 Å². The Morgan fingerprint density at radius 3 is 2.10 bits per heavy atom. The van der Waals surface area contributed by atoms with Crippen molar-refractivity contribution in [1.29, 1.82) is 0 Å². The van der Waals surface area contributed by atoms with Gasteiger partial charge < -0.3 is 5.32 Å². The lowest BCUT2D eigenvalue weighted by atomic mass is 9.96. The molecule has 0 saturated carbocycles. The lowest BCUT2D eigenvalue weighted by Gasteiger charge is -2.21. The summed E-state index contributed by atoms with van der Waals surface area (Å²) in [7, 11) is 0. The maximum atomic E-state index is 14.0. The molecule has 0 saturated heterocycles. The SMILES string of the molecule is CCNC(c1ccc(F)c(C)c1)c1c(F)cc(F)cc1F. The van der Waals surface area contributed by atoms with Gasteiger partial charge in [-0.05, 0) is 30.7 Å². The van der Waals surface area contributed by atoms with Gasteiger partial charge in [0.05, 0.1) is 6.04 Å². The van der Waals surface area contributed by atoms with Gasteiger partial charge in [0.1, 0.15) is 23.3 Å². The van der Waals surface area contributed by atoms with Crippen molar-refractivity contribution >= 4 is 0 Å². The van der Waals surface area contributed by atoms with Crippen LogP contribution in [-0.2, 0) is 0 Å². The largest absolute Gasteiger partial charge is 0.306 e. The van der Waals surface area contributed by atoms with Gasteiger partial charge in [0.25, 0.3) is 0 Å². The molecule has 0 aliphatic rings. The minimum absolute atomic E-state index is 0.274. The minimum Gasteiger partial charge on any atom is -0.306 e. The summed E-state index contributed by atoms with van der Waals surface area (Å²) in [5, 5.41) is 2.94. The van der Waals surface area contributed by atoms with E-state index in [1.165, 1.54) is 18.2 Å². The molecule has 0 aliphatic carbocycles. The van der Waals surface area contributed by atoms with Gasteiger partial charge in [-0.3, -0.25) is 0 Å². The molecular formula is C16H15F4N. The molecule has 0 bridgehead atoms. The second-order valence-electron chi connectivity index (χ2n) is 4.78. The highest BCUT2D eigenvalue weighted by atomic mass is 19.1. The summed E-state index contributed by atoms with van der Waals surface area (Å²) in [5.74, 6) is -3.31. The third-order valence-corrected chi connectivity index (χ3v) is 3.26. The van der Waals surface area contributed by atoms with Gasteiger partial charge in [0.15, 0.2) is 0 Å². The van der Waals surface area contributed by atoms with Gasteiger partial charge in [-0.25, -0.2) is 17.6 Å². The molecule has 0 fully saturated rings. The van der Waals surface area contributed by atoms with Gasteiger partial charge in [0.2, 0.25) is 0 Å². The average molecular weight is 297 g/mol. The fourth-order valence-electron chi connectivity index (χ4n) is 2.27. The van der Waals surface area contributed by atoms with Crippen molar-refractivity contribution in [1.82, 2.24) is 5.32 Å². The van der Waals surface area contributed by atoms with Crippen LogP contribution in [0.1, 0.15) is 29.7 Å². The van der Waals surface area contributed by atoms with Crippen molar-refractivity contribution in [3.63, 3.8) is 0 Å². The van der Waals surface area contributed by atoms with E-state index >= 15 is 0 Å². The fraction of sp³-hybridized carbons (Fsp3) is 0.250. The maximum absolute atomic E-state index is 14.0. The molecule has 2 aromatic rings. The van der Waals surface area contributed by atoms with E-state index in [2.05, 4.69) is 5.32 Å². The number of hydrogen-bond donors (Lipinski definition) is 1. The van der Waals surface area contributed by atoms with Gasteiger partial charge in [-0.1, -0.05) is 19.1 Å². The second kappa shape index (κ2) is 6.26. The van der Waals surface area contributed by atoms with Crippen molar-refractivity contribution in [3.8, 4) is 0 Å². The van der Waals surface area contributed by atoms with Crippen molar-refractivity contribution < 1.29 is 17.6 Å². The third-order valence-electron chi connectivity index (χ3n) is 3.26. The number of rotatable bonds is 4. The van der Waals surface area contributed by atoms with Gasteiger partial charge >= 0.3 is 0 Å². The lowest BCUT2D eigenvalue weighted by Crippen LogP contribution is -2.24. The average Bonchev–Trinajstić information content (AvgIpc) is 2.40. The first-order valence-electron chi connectivity index (χ1n) is 6.58.